The third-order valence-corrected chi connectivity index (χ3v) is 8.82. The molecule has 0 radical (unpaired) electrons. The van der Waals surface area contributed by atoms with Gasteiger partial charge in [0.25, 0.3) is 0 Å². The number of nitrogens with zero attached hydrogens (tertiary/aromatic N) is 2. The van der Waals surface area contributed by atoms with Gasteiger partial charge in [-0.05, 0) is 68.6 Å². The summed E-state index contributed by atoms with van der Waals surface area (Å²) in [5.41, 5.74) is 1.10. The molecule has 35 heavy (non-hydrogen) atoms. The predicted molar refractivity (Wildman–Crippen MR) is 140 cm³/mol. The molecule has 0 N–H and O–H groups in total. The Labute approximate surface area is 212 Å². The Morgan fingerprint density at radius 2 is 1.89 bits per heavy atom. The van der Waals surface area contributed by atoms with E-state index >= 15 is 0 Å². The summed E-state index contributed by atoms with van der Waals surface area (Å²) in [5, 5.41) is 0. The van der Waals surface area contributed by atoms with Gasteiger partial charge in [-0.1, -0.05) is 32.1 Å². The summed E-state index contributed by atoms with van der Waals surface area (Å²) in [6.07, 6.45) is 10.2. The van der Waals surface area contributed by atoms with Gasteiger partial charge in [-0.2, -0.15) is 4.31 Å². The molecule has 8 heteroatoms. The fourth-order valence-electron chi connectivity index (χ4n) is 5.11. The summed E-state index contributed by atoms with van der Waals surface area (Å²) in [6.45, 7) is 12.1. The fourth-order valence-corrected chi connectivity index (χ4v) is 5.93. The SMILES string of the molecule is C=CCC(CC)OO[C@]1(CC)CCC[C@@H](c2ccc(OCCN3CCN(S(C)(=O)=O)CC3)cc2)C1. The summed E-state index contributed by atoms with van der Waals surface area (Å²) in [5.74, 6) is 1.32. The molecule has 2 aliphatic rings. The van der Waals surface area contributed by atoms with Crippen LogP contribution in [0.2, 0.25) is 0 Å². The number of benzene rings is 1. The lowest BCUT2D eigenvalue weighted by molar-refractivity contribution is -0.391. The lowest BCUT2D eigenvalue weighted by Crippen LogP contribution is -2.49. The highest BCUT2D eigenvalue weighted by molar-refractivity contribution is 7.88. The van der Waals surface area contributed by atoms with Crippen molar-refractivity contribution < 1.29 is 22.9 Å². The molecule has 1 aromatic rings. The van der Waals surface area contributed by atoms with Crippen LogP contribution >= 0.6 is 0 Å². The zero-order chi connectivity index (χ0) is 25.3. The molecule has 3 atom stereocenters. The van der Waals surface area contributed by atoms with Crippen LogP contribution < -0.4 is 4.74 Å². The lowest BCUT2D eigenvalue weighted by Gasteiger charge is -2.40. The van der Waals surface area contributed by atoms with Crippen molar-refractivity contribution in [3.05, 3.63) is 42.5 Å². The fraction of sp³-hybridized carbons (Fsp3) is 0.704. The van der Waals surface area contributed by atoms with E-state index in [-0.39, 0.29) is 11.7 Å². The third-order valence-electron chi connectivity index (χ3n) is 7.52. The number of ether oxygens (including phenoxy) is 1. The first kappa shape index (κ1) is 28.1. The van der Waals surface area contributed by atoms with Crippen LogP contribution in [-0.4, -0.2) is 74.9 Å². The highest BCUT2D eigenvalue weighted by atomic mass is 32.2. The molecule has 0 bridgehead atoms. The first-order valence-corrected chi connectivity index (χ1v) is 15.0. The van der Waals surface area contributed by atoms with Crippen LogP contribution in [-0.2, 0) is 19.8 Å². The minimum absolute atomic E-state index is 0.0660. The van der Waals surface area contributed by atoms with Gasteiger partial charge in [0.2, 0.25) is 10.0 Å². The van der Waals surface area contributed by atoms with E-state index in [4.69, 9.17) is 14.5 Å². The second-order valence-electron chi connectivity index (χ2n) is 9.99. The van der Waals surface area contributed by atoms with Crippen molar-refractivity contribution in [3.63, 3.8) is 0 Å². The average molecular weight is 509 g/mol. The van der Waals surface area contributed by atoms with E-state index in [1.165, 1.54) is 11.8 Å². The molecule has 198 valence electrons. The molecule has 0 amide bonds. The van der Waals surface area contributed by atoms with E-state index in [2.05, 4.69) is 49.6 Å². The van der Waals surface area contributed by atoms with E-state index < -0.39 is 10.0 Å². The molecule has 0 spiro atoms. The number of rotatable bonds is 13. The molecule has 1 saturated carbocycles. The lowest BCUT2D eigenvalue weighted by atomic mass is 9.74. The molecule has 7 nitrogen and oxygen atoms in total. The Balaban J connectivity index is 1.46. The summed E-state index contributed by atoms with van der Waals surface area (Å²) >= 11 is 0. The van der Waals surface area contributed by atoms with Gasteiger partial charge in [-0.25, -0.2) is 18.2 Å². The molecular formula is C27H44N2O5S. The largest absolute Gasteiger partial charge is 0.492 e. The van der Waals surface area contributed by atoms with Crippen LogP contribution in [0, 0.1) is 0 Å². The monoisotopic (exact) mass is 508 g/mol. The van der Waals surface area contributed by atoms with Gasteiger partial charge < -0.3 is 4.74 Å². The molecule has 1 aliphatic carbocycles. The van der Waals surface area contributed by atoms with Crippen LogP contribution in [0.25, 0.3) is 0 Å². The van der Waals surface area contributed by atoms with Crippen LogP contribution in [0.3, 0.4) is 0 Å². The summed E-state index contributed by atoms with van der Waals surface area (Å²) in [4.78, 5) is 14.2. The minimum atomic E-state index is -3.09. The quantitative estimate of drug-likeness (QED) is 0.218. The molecule has 1 aliphatic heterocycles. The smallest absolute Gasteiger partial charge is 0.211 e. The standard InChI is InChI=1S/C27H44N2O5S/c1-5-9-25(6-2)33-34-27(7-3)15-8-10-24(22-27)23-11-13-26(14-12-23)32-21-20-28-16-18-29(19-17-28)35(4,30)31/h5,11-14,24-25H,1,6-10,15-22H2,2-4H3/t24-,25?,27-/m1/s1. The predicted octanol–water partition coefficient (Wildman–Crippen LogP) is 4.75. The van der Waals surface area contributed by atoms with Crippen molar-refractivity contribution in [2.24, 2.45) is 0 Å². The van der Waals surface area contributed by atoms with Crippen molar-refractivity contribution in [1.29, 1.82) is 0 Å². The van der Waals surface area contributed by atoms with E-state index in [0.29, 0.717) is 25.6 Å². The Morgan fingerprint density at radius 3 is 2.49 bits per heavy atom. The number of sulfonamides is 1. The van der Waals surface area contributed by atoms with Gasteiger partial charge in [-0.15, -0.1) is 6.58 Å². The Bertz CT molecular complexity index is 883. The molecule has 3 rings (SSSR count). The molecule has 1 aromatic carbocycles. The highest BCUT2D eigenvalue weighted by Gasteiger charge is 2.38. The average Bonchev–Trinajstić information content (AvgIpc) is 2.87. The van der Waals surface area contributed by atoms with Gasteiger partial charge in [-0.3, -0.25) is 4.90 Å². The van der Waals surface area contributed by atoms with Crippen molar-refractivity contribution >= 4 is 10.0 Å². The Morgan fingerprint density at radius 1 is 1.17 bits per heavy atom. The van der Waals surface area contributed by atoms with Gasteiger partial charge in [0, 0.05) is 32.7 Å². The second kappa shape index (κ2) is 13.2. The first-order valence-electron chi connectivity index (χ1n) is 13.1. The highest BCUT2D eigenvalue weighted by Crippen LogP contribution is 2.43. The molecule has 0 aromatic heterocycles. The summed E-state index contributed by atoms with van der Waals surface area (Å²) in [7, 11) is -3.09. The minimum Gasteiger partial charge on any atom is -0.492 e. The van der Waals surface area contributed by atoms with Crippen molar-refractivity contribution in [3.8, 4) is 5.75 Å². The Kier molecular flexibility index (Phi) is 10.6. The van der Waals surface area contributed by atoms with Crippen molar-refractivity contribution in [2.75, 3.05) is 45.6 Å². The number of hydrogen-bond donors (Lipinski definition) is 0. The van der Waals surface area contributed by atoms with Crippen LogP contribution in [0.5, 0.6) is 5.75 Å². The maximum absolute atomic E-state index is 11.6. The van der Waals surface area contributed by atoms with Crippen molar-refractivity contribution in [1.82, 2.24) is 9.21 Å². The molecule has 1 heterocycles. The zero-order valence-electron chi connectivity index (χ0n) is 21.8. The van der Waals surface area contributed by atoms with Crippen molar-refractivity contribution in [2.45, 2.75) is 76.4 Å². The van der Waals surface area contributed by atoms with Crippen LogP contribution in [0.4, 0.5) is 0 Å². The van der Waals surface area contributed by atoms with Crippen LogP contribution in [0.15, 0.2) is 36.9 Å². The molecule has 2 fully saturated rings. The topological polar surface area (TPSA) is 68.3 Å². The van der Waals surface area contributed by atoms with Gasteiger partial charge >= 0.3 is 0 Å². The van der Waals surface area contributed by atoms with Crippen LogP contribution in [0.1, 0.15) is 70.3 Å². The maximum atomic E-state index is 11.6. The number of piperazine rings is 1. The number of hydrogen-bond acceptors (Lipinski definition) is 6. The molecular weight excluding hydrogens is 464 g/mol. The van der Waals surface area contributed by atoms with E-state index in [0.717, 1.165) is 70.3 Å². The maximum Gasteiger partial charge on any atom is 0.211 e. The molecule has 1 saturated heterocycles. The van der Waals surface area contributed by atoms with Gasteiger partial charge in [0.05, 0.1) is 12.4 Å². The van der Waals surface area contributed by atoms with E-state index in [1.54, 1.807) is 4.31 Å². The molecule has 1 unspecified atom stereocenters. The summed E-state index contributed by atoms with van der Waals surface area (Å²) < 4.78 is 30.8. The van der Waals surface area contributed by atoms with Gasteiger partial charge in [0.15, 0.2) is 0 Å². The first-order chi connectivity index (χ1) is 16.8. The summed E-state index contributed by atoms with van der Waals surface area (Å²) in [6, 6.07) is 8.50. The van der Waals surface area contributed by atoms with Gasteiger partial charge in [0.1, 0.15) is 18.0 Å². The normalized spacial score (nSPS) is 25.3. The second-order valence-corrected chi connectivity index (χ2v) is 12.0. The van der Waals surface area contributed by atoms with E-state index in [1.807, 2.05) is 6.08 Å². The van der Waals surface area contributed by atoms with E-state index in [9.17, 15) is 8.42 Å². The zero-order valence-corrected chi connectivity index (χ0v) is 22.6. The Hall–Kier alpha value is -1.45. The third kappa shape index (κ3) is 8.29.